The average molecular weight is 290 g/mol. The summed E-state index contributed by atoms with van der Waals surface area (Å²) < 4.78 is 0. The second-order valence-corrected chi connectivity index (χ2v) is 6.36. The van der Waals surface area contributed by atoms with Crippen molar-refractivity contribution in [3.63, 3.8) is 0 Å². The van der Waals surface area contributed by atoms with Crippen molar-refractivity contribution in [3.05, 3.63) is 29.8 Å². The van der Waals surface area contributed by atoms with E-state index in [0.29, 0.717) is 6.54 Å². The smallest absolute Gasteiger partial charge is 0.221 e. The first-order chi connectivity index (χ1) is 10.0. The molecule has 1 amide bonds. The summed E-state index contributed by atoms with van der Waals surface area (Å²) in [7, 11) is 0. The van der Waals surface area contributed by atoms with E-state index in [1.807, 2.05) is 24.3 Å². The Balaban J connectivity index is 1.92. The Labute approximate surface area is 126 Å². The molecule has 0 aromatic heterocycles. The van der Waals surface area contributed by atoms with Gasteiger partial charge >= 0.3 is 0 Å². The van der Waals surface area contributed by atoms with Crippen molar-refractivity contribution in [3.8, 4) is 0 Å². The van der Waals surface area contributed by atoms with Gasteiger partial charge in [-0.05, 0) is 24.5 Å². The monoisotopic (exact) mass is 290 g/mol. The second-order valence-electron chi connectivity index (χ2n) is 6.36. The van der Waals surface area contributed by atoms with Crippen LogP contribution in [0.5, 0.6) is 0 Å². The molecule has 2 unspecified atom stereocenters. The van der Waals surface area contributed by atoms with Crippen LogP contribution in [0.1, 0.15) is 45.1 Å². The molecule has 0 aliphatic heterocycles. The van der Waals surface area contributed by atoms with Crippen LogP contribution in [0.25, 0.3) is 0 Å². The van der Waals surface area contributed by atoms with E-state index < -0.39 is 0 Å². The fourth-order valence-corrected chi connectivity index (χ4v) is 3.06. The second kappa shape index (κ2) is 7.05. The van der Waals surface area contributed by atoms with E-state index in [-0.39, 0.29) is 17.4 Å². The number of rotatable bonds is 5. The normalized spacial score (nSPS) is 25.6. The lowest BCUT2D eigenvalue weighted by Gasteiger charge is -2.38. The molecule has 2 rings (SSSR count). The Morgan fingerprint density at radius 2 is 2.14 bits per heavy atom. The average Bonchev–Trinajstić information content (AvgIpc) is 2.44. The Morgan fingerprint density at radius 3 is 2.86 bits per heavy atom. The van der Waals surface area contributed by atoms with Gasteiger partial charge in [-0.15, -0.1) is 0 Å². The summed E-state index contributed by atoms with van der Waals surface area (Å²) in [4.78, 5) is 11.2. The Hall–Kier alpha value is -1.39. The van der Waals surface area contributed by atoms with Gasteiger partial charge in [0.05, 0.1) is 6.10 Å². The minimum Gasteiger partial charge on any atom is -0.393 e. The Morgan fingerprint density at radius 1 is 1.38 bits per heavy atom. The summed E-state index contributed by atoms with van der Waals surface area (Å²) in [5.74, 6) is -0.0582. The maximum atomic E-state index is 11.2. The SMILES string of the molecule is CC(=O)Nc1ccccc1CNCC1(C)CCCCC1O. The van der Waals surface area contributed by atoms with Crippen LogP contribution >= 0.6 is 0 Å². The molecule has 116 valence electrons. The zero-order chi connectivity index (χ0) is 15.3. The molecule has 1 aliphatic rings. The molecule has 1 fully saturated rings. The maximum absolute atomic E-state index is 11.2. The van der Waals surface area contributed by atoms with Crippen molar-refractivity contribution in [2.24, 2.45) is 5.41 Å². The zero-order valence-corrected chi connectivity index (χ0v) is 13.0. The minimum absolute atomic E-state index is 0.0405. The van der Waals surface area contributed by atoms with Gasteiger partial charge in [-0.25, -0.2) is 0 Å². The van der Waals surface area contributed by atoms with Gasteiger partial charge in [0.1, 0.15) is 0 Å². The first kappa shape index (κ1) is 16.0. The lowest BCUT2D eigenvalue weighted by molar-refractivity contribution is -0.114. The Bertz CT molecular complexity index is 489. The van der Waals surface area contributed by atoms with Crippen molar-refractivity contribution in [2.75, 3.05) is 11.9 Å². The first-order valence-corrected chi connectivity index (χ1v) is 7.75. The topological polar surface area (TPSA) is 61.4 Å². The molecule has 2 atom stereocenters. The van der Waals surface area contributed by atoms with Crippen LogP contribution in [0.4, 0.5) is 5.69 Å². The van der Waals surface area contributed by atoms with Gasteiger partial charge in [0.2, 0.25) is 5.91 Å². The molecular weight excluding hydrogens is 264 g/mol. The van der Waals surface area contributed by atoms with Gasteiger partial charge in [-0.2, -0.15) is 0 Å². The van der Waals surface area contributed by atoms with Crippen LogP contribution in [-0.4, -0.2) is 23.7 Å². The third-order valence-corrected chi connectivity index (χ3v) is 4.45. The van der Waals surface area contributed by atoms with E-state index in [4.69, 9.17) is 0 Å². The number of aliphatic hydroxyl groups is 1. The quantitative estimate of drug-likeness (QED) is 0.781. The molecule has 0 bridgehead atoms. The lowest BCUT2D eigenvalue weighted by Crippen LogP contribution is -2.43. The molecule has 4 heteroatoms. The number of nitrogens with one attached hydrogen (secondary N) is 2. The molecule has 21 heavy (non-hydrogen) atoms. The van der Waals surface area contributed by atoms with E-state index in [1.54, 1.807) is 0 Å². The molecule has 1 aromatic carbocycles. The number of carbonyl (C=O) groups excluding carboxylic acids is 1. The largest absolute Gasteiger partial charge is 0.393 e. The van der Waals surface area contributed by atoms with Crippen molar-refractivity contribution < 1.29 is 9.90 Å². The number of hydrogen-bond donors (Lipinski definition) is 3. The number of carbonyl (C=O) groups is 1. The first-order valence-electron chi connectivity index (χ1n) is 7.75. The minimum atomic E-state index is -0.218. The third-order valence-electron chi connectivity index (χ3n) is 4.45. The highest BCUT2D eigenvalue weighted by atomic mass is 16.3. The fraction of sp³-hybridized carbons (Fsp3) is 0.588. The zero-order valence-electron chi connectivity index (χ0n) is 13.0. The molecule has 0 spiro atoms. The third kappa shape index (κ3) is 4.29. The highest BCUT2D eigenvalue weighted by Crippen LogP contribution is 2.35. The summed E-state index contributed by atoms with van der Waals surface area (Å²) in [6, 6.07) is 7.81. The maximum Gasteiger partial charge on any atom is 0.221 e. The predicted molar refractivity (Wildman–Crippen MR) is 85.0 cm³/mol. The van der Waals surface area contributed by atoms with Gasteiger partial charge in [0.25, 0.3) is 0 Å². The highest BCUT2D eigenvalue weighted by Gasteiger charge is 2.34. The number of benzene rings is 1. The fourth-order valence-electron chi connectivity index (χ4n) is 3.06. The van der Waals surface area contributed by atoms with E-state index >= 15 is 0 Å². The van der Waals surface area contributed by atoms with Crippen molar-refractivity contribution in [2.45, 2.75) is 52.2 Å². The Kier molecular flexibility index (Phi) is 5.37. The molecule has 0 heterocycles. The van der Waals surface area contributed by atoms with Crippen LogP contribution < -0.4 is 10.6 Å². The number of anilines is 1. The van der Waals surface area contributed by atoms with Gasteiger partial charge in [-0.1, -0.05) is 38.0 Å². The highest BCUT2D eigenvalue weighted by molar-refractivity contribution is 5.89. The van der Waals surface area contributed by atoms with Crippen molar-refractivity contribution >= 4 is 11.6 Å². The molecule has 0 radical (unpaired) electrons. The number of para-hydroxylation sites is 1. The summed E-state index contributed by atoms with van der Waals surface area (Å²) in [6.07, 6.45) is 4.07. The molecule has 4 nitrogen and oxygen atoms in total. The van der Waals surface area contributed by atoms with Crippen molar-refractivity contribution in [1.82, 2.24) is 5.32 Å². The van der Waals surface area contributed by atoms with Crippen LogP contribution in [0, 0.1) is 5.41 Å². The van der Waals surface area contributed by atoms with Gasteiger partial charge < -0.3 is 15.7 Å². The predicted octanol–water partition coefficient (Wildman–Crippen LogP) is 2.68. The summed E-state index contributed by atoms with van der Waals surface area (Å²) in [5, 5.41) is 16.5. The molecule has 1 aliphatic carbocycles. The van der Waals surface area contributed by atoms with E-state index in [0.717, 1.165) is 37.1 Å². The van der Waals surface area contributed by atoms with Crippen LogP contribution in [-0.2, 0) is 11.3 Å². The summed E-state index contributed by atoms with van der Waals surface area (Å²) >= 11 is 0. The van der Waals surface area contributed by atoms with E-state index in [1.165, 1.54) is 13.3 Å². The number of amides is 1. The van der Waals surface area contributed by atoms with Gasteiger partial charge in [0, 0.05) is 31.1 Å². The lowest BCUT2D eigenvalue weighted by atomic mass is 9.73. The van der Waals surface area contributed by atoms with Crippen molar-refractivity contribution in [1.29, 1.82) is 0 Å². The molecular formula is C17H26N2O2. The molecule has 3 N–H and O–H groups in total. The molecule has 0 saturated heterocycles. The molecule has 1 aromatic rings. The van der Waals surface area contributed by atoms with E-state index in [2.05, 4.69) is 17.6 Å². The van der Waals surface area contributed by atoms with Gasteiger partial charge in [0.15, 0.2) is 0 Å². The number of hydrogen-bond acceptors (Lipinski definition) is 3. The standard InChI is InChI=1S/C17H26N2O2/c1-13(20)19-15-8-4-3-7-14(15)11-18-12-17(2)10-6-5-9-16(17)21/h3-4,7-8,16,18,21H,5-6,9-12H2,1-2H3,(H,19,20). The van der Waals surface area contributed by atoms with Crippen LogP contribution in [0.2, 0.25) is 0 Å². The summed E-state index contributed by atoms with van der Waals surface area (Å²) in [5.41, 5.74) is 1.88. The summed E-state index contributed by atoms with van der Waals surface area (Å²) in [6.45, 7) is 5.16. The number of aliphatic hydroxyl groups excluding tert-OH is 1. The van der Waals surface area contributed by atoms with E-state index in [9.17, 15) is 9.90 Å². The van der Waals surface area contributed by atoms with Crippen LogP contribution in [0.3, 0.4) is 0 Å². The molecule has 1 saturated carbocycles. The van der Waals surface area contributed by atoms with Gasteiger partial charge in [-0.3, -0.25) is 4.79 Å². The van der Waals surface area contributed by atoms with Crippen LogP contribution in [0.15, 0.2) is 24.3 Å².